The second-order valence-corrected chi connectivity index (χ2v) is 3.39. The minimum atomic E-state index is 0.282. The van der Waals surface area contributed by atoms with Gasteiger partial charge in [0.15, 0.2) is 0 Å². The van der Waals surface area contributed by atoms with Gasteiger partial charge in [-0.2, -0.15) is 5.10 Å². The van der Waals surface area contributed by atoms with Crippen LogP contribution in [-0.2, 0) is 13.5 Å². The summed E-state index contributed by atoms with van der Waals surface area (Å²) in [7, 11) is 1.96. The van der Waals surface area contributed by atoms with Crippen molar-refractivity contribution in [3.63, 3.8) is 0 Å². The number of rotatable bonds is 3. The Morgan fingerprint density at radius 2 is 2.33 bits per heavy atom. The summed E-state index contributed by atoms with van der Waals surface area (Å²) in [5.74, 6) is 0. The normalized spacial score (nSPS) is 13.3. The molecule has 0 saturated heterocycles. The SMILES string of the molecule is Cc1c(CCC(C)N)cnn1C. The standard InChI is InChI=1S/C9H17N3/c1-7(10)4-5-9-6-11-12(3)8(9)2/h6-7H,4-5,10H2,1-3H3. The van der Waals surface area contributed by atoms with Gasteiger partial charge in [-0.05, 0) is 32.3 Å². The van der Waals surface area contributed by atoms with E-state index in [1.807, 2.05) is 24.9 Å². The van der Waals surface area contributed by atoms with Crippen LogP contribution in [0.4, 0.5) is 0 Å². The first-order valence-corrected chi connectivity index (χ1v) is 4.34. The van der Waals surface area contributed by atoms with Crippen LogP contribution < -0.4 is 5.73 Å². The molecule has 1 unspecified atom stereocenters. The highest BCUT2D eigenvalue weighted by Crippen LogP contribution is 2.08. The molecule has 1 rings (SSSR count). The Morgan fingerprint density at radius 3 is 2.75 bits per heavy atom. The second-order valence-electron chi connectivity index (χ2n) is 3.39. The lowest BCUT2D eigenvalue weighted by Gasteiger charge is -2.03. The third-order valence-electron chi connectivity index (χ3n) is 2.21. The summed E-state index contributed by atoms with van der Waals surface area (Å²) in [6.45, 7) is 4.12. The van der Waals surface area contributed by atoms with E-state index in [9.17, 15) is 0 Å². The lowest BCUT2D eigenvalue weighted by molar-refractivity contribution is 0.662. The monoisotopic (exact) mass is 167 g/mol. The van der Waals surface area contributed by atoms with Crippen LogP contribution in [0.1, 0.15) is 24.6 Å². The summed E-state index contributed by atoms with van der Waals surface area (Å²) in [6.07, 6.45) is 4.00. The van der Waals surface area contributed by atoms with Crippen LogP contribution in [-0.4, -0.2) is 15.8 Å². The van der Waals surface area contributed by atoms with Crippen molar-refractivity contribution in [2.24, 2.45) is 12.8 Å². The van der Waals surface area contributed by atoms with Gasteiger partial charge < -0.3 is 5.73 Å². The summed E-state index contributed by atoms with van der Waals surface area (Å²) in [5.41, 5.74) is 8.23. The molecule has 3 nitrogen and oxygen atoms in total. The molecule has 1 heterocycles. The second kappa shape index (κ2) is 3.72. The van der Waals surface area contributed by atoms with Crippen molar-refractivity contribution in [2.45, 2.75) is 32.7 Å². The molecule has 0 aliphatic rings. The molecule has 0 radical (unpaired) electrons. The van der Waals surface area contributed by atoms with Crippen LogP contribution in [0.25, 0.3) is 0 Å². The first-order chi connectivity index (χ1) is 5.61. The van der Waals surface area contributed by atoms with E-state index < -0.39 is 0 Å². The van der Waals surface area contributed by atoms with Gasteiger partial charge in [0.2, 0.25) is 0 Å². The van der Waals surface area contributed by atoms with E-state index in [4.69, 9.17) is 5.73 Å². The summed E-state index contributed by atoms with van der Waals surface area (Å²) in [6, 6.07) is 0.282. The van der Waals surface area contributed by atoms with Gasteiger partial charge in [-0.15, -0.1) is 0 Å². The van der Waals surface area contributed by atoms with E-state index in [1.54, 1.807) is 0 Å². The fraction of sp³-hybridized carbons (Fsp3) is 0.667. The summed E-state index contributed by atoms with van der Waals surface area (Å²) < 4.78 is 1.90. The molecule has 0 aliphatic carbocycles. The van der Waals surface area contributed by atoms with Gasteiger partial charge in [-0.1, -0.05) is 0 Å². The predicted molar refractivity (Wildman–Crippen MR) is 49.9 cm³/mol. The molecule has 0 aromatic carbocycles. The molecule has 12 heavy (non-hydrogen) atoms. The molecule has 0 bridgehead atoms. The maximum absolute atomic E-state index is 5.67. The third-order valence-corrected chi connectivity index (χ3v) is 2.21. The van der Waals surface area contributed by atoms with Gasteiger partial charge in [0.1, 0.15) is 0 Å². The zero-order valence-electron chi connectivity index (χ0n) is 8.04. The Balaban J connectivity index is 2.58. The van der Waals surface area contributed by atoms with Gasteiger partial charge in [0.05, 0.1) is 6.20 Å². The average molecular weight is 167 g/mol. The van der Waals surface area contributed by atoms with Crippen LogP contribution >= 0.6 is 0 Å². The molecule has 1 aromatic heterocycles. The maximum atomic E-state index is 5.67. The minimum Gasteiger partial charge on any atom is -0.328 e. The molecule has 2 N–H and O–H groups in total. The van der Waals surface area contributed by atoms with Crippen molar-refractivity contribution in [1.82, 2.24) is 9.78 Å². The summed E-state index contributed by atoms with van der Waals surface area (Å²) in [4.78, 5) is 0. The zero-order valence-corrected chi connectivity index (χ0v) is 8.04. The van der Waals surface area contributed by atoms with Crippen molar-refractivity contribution in [1.29, 1.82) is 0 Å². The maximum Gasteiger partial charge on any atom is 0.0524 e. The smallest absolute Gasteiger partial charge is 0.0524 e. The Kier molecular flexibility index (Phi) is 2.87. The van der Waals surface area contributed by atoms with E-state index in [2.05, 4.69) is 12.0 Å². The Hall–Kier alpha value is -0.830. The Labute approximate surface area is 73.6 Å². The molecule has 0 spiro atoms. The number of hydrogen-bond acceptors (Lipinski definition) is 2. The van der Waals surface area contributed by atoms with Crippen molar-refractivity contribution >= 4 is 0 Å². The zero-order chi connectivity index (χ0) is 9.14. The molecule has 1 atom stereocenters. The van der Waals surface area contributed by atoms with Gasteiger partial charge in [-0.3, -0.25) is 4.68 Å². The van der Waals surface area contributed by atoms with Crippen LogP contribution in [0.2, 0.25) is 0 Å². The van der Waals surface area contributed by atoms with Crippen molar-refractivity contribution in [3.8, 4) is 0 Å². The van der Waals surface area contributed by atoms with E-state index in [0.29, 0.717) is 0 Å². The predicted octanol–water partition coefficient (Wildman–Crippen LogP) is 1.01. The highest BCUT2D eigenvalue weighted by Gasteiger charge is 2.03. The first-order valence-electron chi connectivity index (χ1n) is 4.34. The van der Waals surface area contributed by atoms with Crippen molar-refractivity contribution in [3.05, 3.63) is 17.5 Å². The number of hydrogen-bond donors (Lipinski definition) is 1. The lowest BCUT2D eigenvalue weighted by Crippen LogP contribution is -2.15. The van der Waals surface area contributed by atoms with Crippen LogP contribution in [0, 0.1) is 6.92 Å². The highest BCUT2D eigenvalue weighted by molar-refractivity contribution is 5.15. The third kappa shape index (κ3) is 2.08. The molecule has 0 saturated carbocycles. The molecule has 68 valence electrons. The largest absolute Gasteiger partial charge is 0.328 e. The van der Waals surface area contributed by atoms with E-state index >= 15 is 0 Å². The molecule has 1 aromatic rings. The fourth-order valence-electron chi connectivity index (χ4n) is 1.17. The lowest BCUT2D eigenvalue weighted by atomic mass is 10.1. The van der Waals surface area contributed by atoms with E-state index in [0.717, 1.165) is 12.8 Å². The molecule has 3 heteroatoms. The minimum absolute atomic E-state index is 0.282. The summed E-state index contributed by atoms with van der Waals surface area (Å²) in [5, 5.41) is 4.17. The quantitative estimate of drug-likeness (QED) is 0.730. The first kappa shape index (κ1) is 9.26. The van der Waals surface area contributed by atoms with Gasteiger partial charge in [-0.25, -0.2) is 0 Å². The summed E-state index contributed by atoms with van der Waals surface area (Å²) >= 11 is 0. The van der Waals surface area contributed by atoms with Crippen molar-refractivity contribution < 1.29 is 0 Å². The Bertz CT molecular complexity index is 250. The average Bonchev–Trinajstić information content (AvgIpc) is 2.30. The Morgan fingerprint density at radius 1 is 1.67 bits per heavy atom. The topological polar surface area (TPSA) is 43.8 Å². The molecular formula is C9H17N3. The van der Waals surface area contributed by atoms with E-state index in [-0.39, 0.29) is 6.04 Å². The van der Waals surface area contributed by atoms with Gasteiger partial charge in [0.25, 0.3) is 0 Å². The fourth-order valence-corrected chi connectivity index (χ4v) is 1.17. The molecule has 0 aliphatic heterocycles. The number of aromatic nitrogens is 2. The molecule has 0 amide bonds. The van der Waals surface area contributed by atoms with Gasteiger partial charge >= 0.3 is 0 Å². The van der Waals surface area contributed by atoms with E-state index in [1.165, 1.54) is 11.3 Å². The van der Waals surface area contributed by atoms with Gasteiger partial charge in [0, 0.05) is 18.8 Å². The highest BCUT2D eigenvalue weighted by atomic mass is 15.3. The van der Waals surface area contributed by atoms with Crippen molar-refractivity contribution in [2.75, 3.05) is 0 Å². The molecular weight excluding hydrogens is 150 g/mol. The number of nitrogens with two attached hydrogens (primary N) is 1. The van der Waals surface area contributed by atoms with Crippen LogP contribution in [0.5, 0.6) is 0 Å². The number of nitrogens with zero attached hydrogens (tertiary/aromatic N) is 2. The van der Waals surface area contributed by atoms with Crippen LogP contribution in [0.3, 0.4) is 0 Å². The molecule has 0 fully saturated rings. The van der Waals surface area contributed by atoms with Crippen LogP contribution in [0.15, 0.2) is 6.20 Å². The number of aryl methyl sites for hydroxylation is 2.